The molecule has 7 nitrogen and oxygen atoms in total. The molecule has 5 atom stereocenters. The molecule has 1 heterocycles. The molecular formula is C15H18F6O7S. The molecule has 0 radical (unpaired) electrons. The van der Waals surface area contributed by atoms with E-state index in [0.717, 1.165) is 0 Å². The molecule has 5 unspecified atom stereocenters. The summed E-state index contributed by atoms with van der Waals surface area (Å²) >= 11 is 0. The zero-order valence-electron chi connectivity index (χ0n) is 14.7. The molecule has 2 saturated carbocycles. The highest BCUT2D eigenvalue weighted by Crippen LogP contribution is 2.52. The van der Waals surface area contributed by atoms with Crippen LogP contribution in [0.4, 0.5) is 26.3 Å². The number of rotatable bonds is 7. The van der Waals surface area contributed by atoms with Gasteiger partial charge in [0.15, 0.2) is 0 Å². The maximum absolute atomic E-state index is 13.3. The minimum Gasteiger partial charge on any atom is -0.438 e. The largest absolute Gasteiger partial charge is 0.438 e. The third-order valence-electron chi connectivity index (χ3n) is 5.53. The van der Waals surface area contributed by atoms with Gasteiger partial charge in [-0.3, -0.25) is 9.35 Å². The minimum absolute atomic E-state index is 0.0148. The summed E-state index contributed by atoms with van der Waals surface area (Å²) < 4.78 is 125. The van der Waals surface area contributed by atoms with Crippen LogP contribution in [0.3, 0.4) is 0 Å². The van der Waals surface area contributed by atoms with Gasteiger partial charge in [-0.1, -0.05) is 0 Å². The molecule has 2 bridgehead atoms. The second-order valence-corrected chi connectivity index (χ2v) is 9.09. The van der Waals surface area contributed by atoms with Gasteiger partial charge in [-0.05, 0) is 31.1 Å². The third-order valence-corrected chi connectivity index (χ3v) is 6.30. The normalized spacial score (nSPS) is 32.4. The highest BCUT2D eigenvalue weighted by molar-refractivity contribution is 7.85. The molecule has 0 amide bonds. The first-order chi connectivity index (χ1) is 13.1. The predicted molar refractivity (Wildman–Crippen MR) is 81.1 cm³/mol. The Kier molecular flexibility index (Phi) is 5.63. The zero-order valence-corrected chi connectivity index (χ0v) is 15.5. The number of halogens is 6. The predicted octanol–water partition coefficient (Wildman–Crippen LogP) is 2.11. The van der Waals surface area contributed by atoms with Crippen molar-refractivity contribution < 1.29 is 58.3 Å². The molecule has 3 fully saturated rings. The highest BCUT2D eigenvalue weighted by atomic mass is 32.2. The smallest absolute Gasteiger partial charge is 0.438 e. The van der Waals surface area contributed by atoms with Crippen LogP contribution >= 0.6 is 0 Å². The Morgan fingerprint density at radius 1 is 1.07 bits per heavy atom. The van der Waals surface area contributed by atoms with Crippen molar-refractivity contribution in [2.75, 3.05) is 19.0 Å². The van der Waals surface area contributed by atoms with Crippen molar-refractivity contribution in [2.24, 2.45) is 17.8 Å². The van der Waals surface area contributed by atoms with Crippen LogP contribution in [0.2, 0.25) is 0 Å². The van der Waals surface area contributed by atoms with Gasteiger partial charge in [-0.2, -0.15) is 34.8 Å². The third kappa shape index (κ3) is 4.64. The Hall–Kier alpha value is -1.12. The first-order valence-corrected chi connectivity index (χ1v) is 10.3. The maximum Gasteiger partial charge on any atom is 0.438 e. The van der Waals surface area contributed by atoms with Gasteiger partial charge < -0.3 is 14.2 Å². The van der Waals surface area contributed by atoms with E-state index in [2.05, 4.69) is 4.74 Å². The molecular weight excluding hydrogens is 438 g/mol. The molecule has 1 aliphatic heterocycles. The number of carbonyl (C=O) groups excluding carboxylic acids is 1. The average molecular weight is 456 g/mol. The monoisotopic (exact) mass is 456 g/mol. The van der Waals surface area contributed by atoms with E-state index in [1.807, 2.05) is 0 Å². The molecule has 3 aliphatic rings. The second kappa shape index (κ2) is 7.24. The first kappa shape index (κ1) is 22.6. The van der Waals surface area contributed by atoms with Crippen molar-refractivity contribution in [3.8, 4) is 0 Å². The van der Waals surface area contributed by atoms with E-state index in [1.54, 1.807) is 0 Å². The molecule has 2 aliphatic carbocycles. The van der Waals surface area contributed by atoms with Gasteiger partial charge >= 0.3 is 23.9 Å². The lowest BCUT2D eigenvalue weighted by atomic mass is 9.86. The number of hydrogen-bond donors (Lipinski definition) is 1. The Bertz CT molecular complexity index is 731. The van der Waals surface area contributed by atoms with Crippen LogP contribution in [0.15, 0.2) is 0 Å². The zero-order chi connectivity index (χ0) is 21.8. The lowest BCUT2D eigenvalue weighted by Crippen LogP contribution is -2.64. The van der Waals surface area contributed by atoms with Gasteiger partial charge in [0, 0.05) is 0 Å². The quantitative estimate of drug-likeness (QED) is 0.271. The Labute approximate surface area is 161 Å². The van der Waals surface area contributed by atoms with Crippen molar-refractivity contribution >= 4 is 16.1 Å². The number of alkyl halides is 6. The SMILES string of the molecule is O=C(OC(CS(=O)(=O)O)(C(F)(F)F)C(F)(F)F)C1CC2CC(OCC3CO3)C1C2. The number of carbonyl (C=O) groups is 1. The van der Waals surface area contributed by atoms with Crippen molar-refractivity contribution in [1.82, 2.24) is 0 Å². The van der Waals surface area contributed by atoms with Crippen LogP contribution < -0.4 is 0 Å². The van der Waals surface area contributed by atoms with E-state index >= 15 is 0 Å². The number of ether oxygens (including phenoxy) is 3. The maximum atomic E-state index is 13.3. The van der Waals surface area contributed by atoms with Gasteiger partial charge in [0.05, 0.1) is 25.2 Å². The van der Waals surface area contributed by atoms with Crippen LogP contribution in [0, 0.1) is 17.8 Å². The average Bonchev–Trinajstić information content (AvgIpc) is 3.15. The first-order valence-electron chi connectivity index (χ1n) is 8.67. The molecule has 29 heavy (non-hydrogen) atoms. The topological polar surface area (TPSA) is 102 Å². The molecule has 3 rings (SSSR count). The standard InChI is InChI=1S/C15H18F6O7S/c16-14(17,18)13(15(19,20)21,6-29(23,24)25)28-12(22)10-2-7-1-9(10)11(3-7)27-5-8-4-26-8/h7-11H,1-6H2,(H,23,24,25). The molecule has 14 heteroatoms. The van der Waals surface area contributed by atoms with Gasteiger partial charge in [-0.15, -0.1) is 0 Å². The summed E-state index contributed by atoms with van der Waals surface area (Å²) in [6, 6.07) is 0. The molecule has 1 N–H and O–H groups in total. The van der Waals surface area contributed by atoms with Gasteiger partial charge in [0.2, 0.25) is 0 Å². The van der Waals surface area contributed by atoms with Crippen molar-refractivity contribution in [2.45, 2.75) is 49.4 Å². The second-order valence-electron chi connectivity index (χ2n) is 7.64. The van der Waals surface area contributed by atoms with Crippen molar-refractivity contribution in [3.05, 3.63) is 0 Å². The summed E-state index contributed by atoms with van der Waals surface area (Å²) in [5, 5.41) is 0. The van der Waals surface area contributed by atoms with E-state index in [-0.39, 0.29) is 25.0 Å². The lowest BCUT2D eigenvalue weighted by Gasteiger charge is -2.37. The molecule has 0 aromatic heterocycles. The highest BCUT2D eigenvalue weighted by Gasteiger charge is 2.76. The number of esters is 1. The van der Waals surface area contributed by atoms with E-state index in [0.29, 0.717) is 19.4 Å². The Morgan fingerprint density at radius 3 is 2.10 bits per heavy atom. The minimum atomic E-state index is -6.33. The van der Waals surface area contributed by atoms with Crippen LogP contribution in [0.5, 0.6) is 0 Å². The Balaban J connectivity index is 1.81. The summed E-state index contributed by atoms with van der Waals surface area (Å²) in [5.74, 6) is -6.76. The van der Waals surface area contributed by atoms with E-state index in [9.17, 15) is 39.6 Å². The molecule has 1 saturated heterocycles. The molecule has 168 valence electrons. The van der Waals surface area contributed by atoms with E-state index in [4.69, 9.17) is 14.0 Å². The summed E-state index contributed by atoms with van der Waals surface area (Å²) in [7, 11) is -5.81. The summed E-state index contributed by atoms with van der Waals surface area (Å²) in [6.07, 6.45) is -12.4. The van der Waals surface area contributed by atoms with Crippen molar-refractivity contribution in [1.29, 1.82) is 0 Å². The molecule has 0 aromatic rings. The van der Waals surface area contributed by atoms with Crippen LogP contribution in [0.1, 0.15) is 19.3 Å². The van der Waals surface area contributed by atoms with E-state index in [1.165, 1.54) is 0 Å². The fourth-order valence-corrected chi connectivity index (χ4v) is 5.02. The van der Waals surface area contributed by atoms with Crippen LogP contribution in [0.25, 0.3) is 0 Å². The number of fused-ring (bicyclic) bond motifs is 2. The summed E-state index contributed by atoms with van der Waals surface area (Å²) in [4.78, 5) is 12.3. The molecule has 0 spiro atoms. The fraction of sp³-hybridized carbons (Fsp3) is 0.933. The lowest BCUT2D eigenvalue weighted by molar-refractivity contribution is -0.362. The van der Waals surface area contributed by atoms with Gasteiger partial charge in [0.25, 0.3) is 10.1 Å². The van der Waals surface area contributed by atoms with Gasteiger partial charge in [0.1, 0.15) is 11.9 Å². The summed E-state index contributed by atoms with van der Waals surface area (Å²) in [5.41, 5.74) is -5.37. The van der Waals surface area contributed by atoms with Crippen LogP contribution in [-0.4, -0.2) is 68.1 Å². The van der Waals surface area contributed by atoms with Crippen LogP contribution in [-0.2, 0) is 29.1 Å². The summed E-state index contributed by atoms with van der Waals surface area (Å²) in [6.45, 7) is 0.690. The molecule has 0 aromatic carbocycles. The fourth-order valence-electron chi connectivity index (χ4n) is 4.12. The number of epoxide rings is 1. The Morgan fingerprint density at radius 2 is 1.66 bits per heavy atom. The number of hydrogen-bond acceptors (Lipinski definition) is 6. The van der Waals surface area contributed by atoms with E-state index < -0.39 is 57.7 Å². The van der Waals surface area contributed by atoms with Gasteiger partial charge in [-0.25, -0.2) is 0 Å². The van der Waals surface area contributed by atoms with Crippen molar-refractivity contribution in [3.63, 3.8) is 0 Å².